The molecule has 6 nitrogen and oxygen atoms in total. The van der Waals surface area contributed by atoms with Crippen molar-refractivity contribution in [1.29, 1.82) is 0 Å². The topological polar surface area (TPSA) is 61.6 Å². The van der Waals surface area contributed by atoms with Gasteiger partial charge < -0.3 is 10.0 Å². The van der Waals surface area contributed by atoms with Crippen molar-refractivity contribution in [3.63, 3.8) is 0 Å². The van der Waals surface area contributed by atoms with Gasteiger partial charge in [0.05, 0.1) is 23.0 Å². The largest absolute Gasteiger partial charge is 0.390 e. The van der Waals surface area contributed by atoms with Gasteiger partial charge in [-0.25, -0.2) is 4.68 Å². The van der Waals surface area contributed by atoms with Crippen LogP contribution in [0.4, 0.5) is 0 Å². The summed E-state index contributed by atoms with van der Waals surface area (Å²) in [5.74, 6) is 0.00226. The maximum atomic E-state index is 11.5. The van der Waals surface area contributed by atoms with Gasteiger partial charge in [-0.1, -0.05) is 23.7 Å². The van der Waals surface area contributed by atoms with E-state index in [0.29, 0.717) is 31.2 Å². The molecule has 0 unspecified atom stereocenters. The minimum atomic E-state index is -0.532. The quantitative estimate of drug-likeness (QED) is 0.914. The van der Waals surface area contributed by atoms with Gasteiger partial charge in [0.15, 0.2) is 0 Å². The average Bonchev–Trinajstić information content (AvgIpc) is 2.90. The normalized spacial score (nSPS) is 19.3. The molecule has 24 heavy (non-hydrogen) atoms. The molecule has 0 bridgehead atoms. The number of carbonyl (C=O) groups excluding carboxylic acids is 1. The van der Waals surface area contributed by atoms with Crippen molar-refractivity contribution in [3.8, 4) is 5.69 Å². The van der Waals surface area contributed by atoms with Gasteiger partial charge in [-0.3, -0.25) is 9.69 Å². The number of aliphatic hydroxyl groups is 1. The molecular formula is C17H21ClN4O2. The lowest BCUT2D eigenvalue weighted by Crippen LogP contribution is -2.36. The van der Waals surface area contributed by atoms with Crippen LogP contribution in [-0.4, -0.2) is 62.9 Å². The highest BCUT2D eigenvalue weighted by molar-refractivity contribution is 6.32. The fourth-order valence-corrected chi connectivity index (χ4v) is 3.18. The van der Waals surface area contributed by atoms with E-state index in [-0.39, 0.29) is 5.91 Å². The van der Waals surface area contributed by atoms with Crippen molar-refractivity contribution in [1.82, 2.24) is 19.6 Å². The first-order chi connectivity index (χ1) is 11.5. The molecule has 1 aromatic carbocycles. The van der Waals surface area contributed by atoms with Gasteiger partial charge >= 0.3 is 0 Å². The molecule has 1 aliphatic rings. The Kier molecular flexibility index (Phi) is 5.18. The Morgan fingerprint density at radius 2 is 2.12 bits per heavy atom. The third-order valence-electron chi connectivity index (χ3n) is 4.17. The molecule has 128 valence electrons. The first kappa shape index (κ1) is 17.0. The first-order valence-corrected chi connectivity index (χ1v) is 8.35. The Balaban J connectivity index is 1.68. The summed E-state index contributed by atoms with van der Waals surface area (Å²) in [6, 6.07) is 7.55. The Morgan fingerprint density at radius 1 is 1.33 bits per heavy atom. The van der Waals surface area contributed by atoms with Crippen LogP contribution in [0.1, 0.15) is 12.5 Å². The summed E-state index contributed by atoms with van der Waals surface area (Å²) < 4.78 is 1.76. The van der Waals surface area contributed by atoms with Gasteiger partial charge in [0.25, 0.3) is 0 Å². The zero-order valence-electron chi connectivity index (χ0n) is 13.6. The van der Waals surface area contributed by atoms with Gasteiger partial charge in [-0.05, 0) is 12.1 Å². The fourth-order valence-electron chi connectivity index (χ4n) is 2.95. The second kappa shape index (κ2) is 7.34. The van der Waals surface area contributed by atoms with Crippen molar-refractivity contribution >= 4 is 17.5 Å². The Morgan fingerprint density at radius 3 is 2.88 bits per heavy atom. The number of para-hydroxylation sites is 1. The molecule has 3 rings (SSSR count). The molecule has 2 aromatic rings. The zero-order chi connectivity index (χ0) is 17.1. The summed E-state index contributed by atoms with van der Waals surface area (Å²) in [5.41, 5.74) is 1.88. The van der Waals surface area contributed by atoms with E-state index in [1.165, 1.54) is 6.92 Å². The van der Waals surface area contributed by atoms with E-state index in [0.717, 1.165) is 17.8 Å². The fraction of sp³-hybridized carbons (Fsp3) is 0.412. The van der Waals surface area contributed by atoms with Crippen LogP contribution >= 0.6 is 11.6 Å². The molecule has 7 heteroatoms. The number of rotatable bonds is 3. The Bertz CT molecular complexity index is 718. The molecule has 0 aliphatic carbocycles. The van der Waals surface area contributed by atoms with Crippen molar-refractivity contribution in [2.24, 2.45) is 0 Å². The molecule has 0 spiro atoms. The van der Waals surface area contributed by atoms with E-state index in [1.807, 2.05) is 36.7 Å². The molecule has 0 radical (unpaired) electrons. The molecular weight excluding hydrogens is 328 g/mol. The number of amides is 1. The molecule has 1 fully saturated rings. The van der Waals surface area contributed by atoms with Crippen LogP contribution in [0.25, 0.3) is 5.69 Å². The number of nitrogens with zero attached hydrogens (tertiary/aromatic N) is 4. The highest BCUT2D eigenvalue weighted by atomic mass is 35.5. The zero-order valence-corrected chi connectivity index (χ0v) is 14.4. The van der Waals surface area contributed by atoms with Crippen LogP contribution in [0, 0.1) is 0 Å². The van der Waals surface area contributed by atoms with E-state index in [2.05, 4.69) is 10.00 Å². The molecule has 1 aromatic heterocycles. The second-order valence-corrected chi connectivity index (χ2v) is 6.51. The van der Waals surface area contributed by atoms with Crippen LogP contribution in [0.5, 0.6) is 0 Å². The lowest BCUT2D eigenvalue weighted by atomic mass is 10.3. The predicted molar refractivity (Wildman–Crippen MR) is 92.1 cm³/mol. The molecule has 1 amide bonds. The number of hydrogen-bond acceptors (Lipinski definition) is 4. The van der Waals surface area contributed by atoms with Crippen LogP contribution in [0.15, 0.2) is 36.7 Å². The van der Waals surface area contributed by atoms with Gasteiger partial charge in [-0.15, -0.1) is 0 Å². The molecule has 1 atom stereocenters. The summed E-state index contributed by atoms with van der Waals surface area (Å²) in [6.07, 6.45) is 3.22. The molecule has 2 heterocycles. The van der Waals surface area contributed by atoms with Crippen LogP contribution in [-0.2, 0) is 11.3 Å². The van der Waals surface area contributed by atoms with Crippen LogP contribution in [0.2, 0.25) is 5.02 Å². The summed E-state index contributed by atoms with van der Waals surface area (Å²) in [6.45, 7) is 4.51. The SMILES string of the molecule is CC(=O)N1CCN(Cc2cnn(-c3ccccc3Cl)c2)C[C@@H](O)C1. The highest BCUT2D eigenvalue weighted by Crippen LogP contribution is 2.20. The summed E-state index contributed by atoms with van der Waals surface area (Å²) >= 11 is 6.20. The van der Waals surface area contributed by atoms with E-state index in [4.69, 9.17) is 11.6 Å². The van der Waals surface area contributed by atoms with E-state index >= 15 is 0 Å². The Labute approximate surface area is 146 Å². The molecule has 1 aliphatic heterocycles. The van der Waals surface area contributed by atoms with Gasteiger partial charge in [0.1, 0.15) is 0 Å². The van der Waals surface area contributed by atoms with E-state index in [9.17, 15) is 9.90 Å². The third-order valence-corrected chi connectivity index (χ3v) is 4.49. The number of carbonyl (C=O) groups is 1. The van der Waals surface area contributed by atoms with Gasteiger partial charge in [-0.2, -0.15) is 5.10 Å². The van der Waals surface area contributed by atoms with Crippen molar-refractivity contribution in [2.45, 2.75) is 19.6 Å². The first-order valence-electron chi connectivity index (χ1n) is 7.97. The highest BCUT2D eigenvalue weighted by Gasteiger charge is 2.22. The van der Waals surface area contributed by atoms with E-state index < -0.39 is 6.10 Å². The lowest BCUT2D eigenvalue weighted by molar-refractivity contribution is -0.129. The number of hydrogen-bond donors (Lipinski definition) is 1. The minimum Gasteiger partial charge on any atom is -0.390 e. The van der Waals surface area contributed by atoms with Crippen molar-refractivity contribution in [2.75, 3.05) is 26.2 Å². The van der Waals surface area contributed by atoms with Crippen molar-refractivity contribution < 1.29 is 9.90 Å². The smallest absolute Gasteiger partial charge is 0.219 e. The maximum absolute atomic E-state index is 11.5. The van der Waals surface area contributed by atoms with Crippen molar-refractivity contribution in [3.05, 3.63) is 47.2 Å². The molecule has 0 saturated carbocycles. The minimum absolute atomic E-state index is 0.00226. The lowest BCUT2D eigenvalue weighted by Gasteiger charge is -2.20. The van der Waals surface area contributed by atoms with Gasteiger partial charge in [0.2, 0.25) is 5.91 Å². The monoisotopic (exact) mass is 348 g/mol. The third kappa shape index (κ3) is 3.95. The molecule has 1 saturated heterocycles. The second-order valence-electron chi connectivity index (χ2n) is 6.10. The summed E-state index contributed by atoms with van der Waals surface area (Å²) in [4.78, 5) is 15.4. The standard InChI is InChI=1S/C17H21ClN4O2/c1-13(23)21-7-6-20(11-15(24)12-21)9-14-8-19-22(10-14)17-5-3-2-4-16(17)18/h2-5,8,10,15,24H,6-7,9,11-12H2,1H3/t15-/m1/s1. The van der Waals surface area contributed by atoms with Crippen LogP contribution < -0.4 is 0 Å². The number of halogens is 1. The summed E-state index contributed by atoms with van der Waals surface area (Å²) in [7, 11) is 0. The number of β-amino-alcohol motifs (C(OH)–C–C–N with tert-alkyl or cyclic N) is 1. The molecule has 1 N–H and O–H groups in total. The number of benzene rings is 1. The number of aromatic nitrogens is 2. The van der Waals surface area contributed by atoms with E-state index in [1.54, 1.807) is 9.58 Å². The average molecular weight is 349 g/mol. The summed E-state index contributed by atoms with van der Waals surface area (Å²) in [5, 5.41) is 15.1. The van der Waals surface area contributed by atoms with Gasteiger partial charge in [0, 0.05) is 51.4 Å². The predicted octanol–water partition coefficient (Wildman–Crippen LogP) is 1.55. The Hall–Kier alpha value is -1.89. The van der Waals surface area contributed by atoms with Crippen LogP contribution in [0.3, 0.4) is 0 Å². The maximum Gasteiger partial charge on any atom is 0.219 e. The number of aliphatic hydroxyl groups excluding tert-OH is 1.